The van der Waals surface area contributed by atoms with Crippen LogP contribution in [0, 0.1) is 13.8 Å². The summed E-state index contributed by atoms with van der Waals surface area (Å²) in [5.41, 5.74) is 6.60. The molecule has 0 radical (unpaired) electrons. The first-order valence-corrected chi connectivity index (χ1v) is 6.03. The summed E-state index contributed by atoms with van der Waals surface area (Å²) in [6, 6.07) is 14.9. The summed E-state index contributed by atoms with van der Waals surface area (Å²) < 4.78 is 5.97. The molecule has 1 aliphatic heterocycles. The Morgan fingerprint density at radius 3 is 2.41 bits per heavy atom. The Bertz CT molecular complexity index is 542. The molecule has 0 atom stereocenters. The SMILES string of the molecule is Cc1cccc(C)c1B1OCc2ccccc21. The molecular weight excluding hydrogens is 207 g/mol. The van der Waals surface area contributed by atoms with E-state index in [0.717, 1.165) is 6.61 Å². The summed E-state index contributed by atoms with van der Waals surface area (Å²) in [6.45, 7) is 5.17. The van der Waals surface area contributed by atoms with E-state index in [0.29, 0.717) is 0 Å². The van der Waals surface area contributed by atoms with Crippen LogP contribution >= 0.6 is 0 Å². The third-order valence-electron chi connectivity index (χ3n) is 3.55. The van der Waals surface area contributed by atoms with Crippen molar-refractivity contribution < 1.29 is 4.65 Å². The highest BCUT2D eigenvalue weighted by atomic mass is 16.4. The molecule has 0 fully saturated rings. The number of hydrogen-bond acceptors (Lipinski definition) is 1. The van der Waals surface area contributed by atoms with E-state index in [9.17, 15) is 0 Å². The van der Waals surface area contributed by atoms with Crippen LogP contribution in [0.2, 0.25) is 0 Å². The van der Waals surface area contributed by atoms with Gasteiger partial charge >= 0.3 is 6.92 Å². The van der Waals surface area contributed by atoms with E-state index in [2.05, 4.69) is 56.3 Å². The normalized spacial score (nSPS) is 13.9. The fourth-order valence-corrected chi connectivity index (χ4v) is 2.66. The van der Waals surface area contributed by atoms with Crippen LogP contribution in [0.3, 0.4) is 0 Å². The standard InChI is InChI=1S/C15H15BO/c1-11-6-5-7-12(2)15(11)16-14-9-4-3-8-13(14)10-17-16/h3-9H,10H2,1-2H3. The Hall–Kier alpha value is -1.54. The lowest BCUT2D eigenvalue weighted by molar-refractivity contribution is 0.337. The third-order valence-corrected chi connectivity index (χ3v) is 3.55. The highest BCUT2D eigenvalue weighted by molar-refractivity contribution is 6.81. The van der Waals surface area contributed by atoms with Gasteiger partial charge in [0.25, 0.3) is 0 Å². The molecule has 0 unspecified atom stereocenters. The van der Waals surface area contributed by atoms with Gasteiger partial charge in [0.2, 0.25) is 0 Å². The molecule has 0 aliphatic carbocycles. The maximum atomic E-state index is 5.97. The van der Waals surface area contributed by atoms with Gasteiger partial charge in [-0.15, -0.1) is 0 Å². The van der Waals surface area contributed by atoms with Crippen LogP contribution in [0.5, 0.6) is 0 Å². The molecule has 0 saturated carbocycles. The van der Waals surface area contributed by atoms with E-state index in [4.69, 9.17) is 4.65 Å². The van der Waals surface area contributed by atoms with E-state index in [-0.39, 0.29) is 6.92 Å². The van der Waals surface area contributed by atoms with Crippen LogP contribution in [0.4, 0.5) is 0 Å². The minimum atomic E-state index is 0.118. The zero-order valence-electron chi connectivity index (χ0n) is 10.2. The van der Waals surface area contributed by atoms with E-state index < -0.39 is 0 Å². The van der Waals surface area contributed by atoms with Crippen LogP contribution in [0.1, 0.15) is 16.7 Å². The molecule has 0 spiro atoms. The van der Waals surface area contributed by atoms with E-state index in [1.807, 2.05) is 0 Å². The Kier molecular flexibility index (Phi) is 2.52. The molecule has 0 aromatic heterocycles. The van der Waals surface area contributed by atoms with Gasteiger partial charge < -0.3 is 4.65 Å². The van der Waals surface area contributed by atoms with Crippen LogP contribution in [-0.4, -0.2) is 6.92 Å². The number of fused-ring (bicyclic) bond motifs is 1. The second-order valence-corrected chi connectivity index (χ2v) is 4.70. The molecule has 84 valence electrons. The first-order chi connectivity index (χ1) is 8.27. The third kappa shape index (κ3) is 1.69. The van der Waals surface area contributed by atoms with Gasteiger partial charge in [-0.3, -0.25) is 0 Å². The molecule has 2 aromatic rings. The summed E-state index contributed by atoms with van der Waals surface area (Å²) in [6.07, 6.45) is 0. The lowest BCUT2D eigenvalue weighted by atomic mass is 9.53. The average Bonchev–Trinajstić information content (AvgIpc) is 2.73. The van der Waals surface area contributed by atoms with Gasteiger partial charge in [0, 0.05) is 0 Å². The van der Waals surface area contributed by atoms with Gasteiger partial charge in [0.1, 0.15) is 0 Å². The van der Waals surface area contributed by atoms with Crippen molar-refractivity contribution in [2.24, 2.45) is 0 Å². The van der Waals surface area contributed by atoms with Crippen molar-refractivity contribution in [1.82, 2.24) is 0 Å². The Balaban J connectivity index is 2.13. The zero-order chi connectivity index (χ0) is 11.8. The van der Waals surface area contributed by atoms with Crippen molar-refractivity contribution in [3.05, 3.63) is 59.2 Å². The first kappa shape index (κ1) is 10.6. The van der Waals surface area contributed by atoms with Crippen molar-refractivity contribution in [2.45, 2.75) is 20.5 Å². The summed E-state index contributed by atoms with van der Waals surface area (Å²) in [7, 11) is 0. The molecule has 3 rings (SSSR count). The fourth-order valence-electron chi connectivity index (χ4n) is 2.66. The minimum Gasteiger partial charge on any atom is -0.423 e. The highest BCUT2D eigenvalue weighted by Gasteiger charge is 2.31. The molecule has 0 saturated heterocycles. The fraction of sp³-hybridized carbons (Fsp3) is 0.200. The first-order valence-electron chi connectivity index (χ1n) is 6.03. The summed E-state index contributed by atoms with van der Waals surface area (Å²) in [4.78, 5) is 0. The van der Waals surface area contributed by atoms with Crippen LogP contribution in [-0.2, 0) is 11.3 Å². The Morgan fingerprint density at radius 2 is 1.65 bits per heavy atom. The Morgan fingerprint density at radius 1 is 0.941 bits per heavy atom. The monoisotopic (exact) mass is 222 g/mol. The second kappa shape index (κ2) is 4.04. The van der Waals surface area contributed by atoms with E-state index >= 15 is 0 Å². The molecule has 0 bridgehead atoms. The minimum absolute atomic E-state index is 0.118. The maximum Gasteiger partial charge on any atom is 0.362 e. The molecule has 17 heavy (non-hydrogen) atoms. The van der Waals surface area contributed by atoms with Gasteiger partial charge in [-0.1, -0.05) is 53.6 Å². The van der Waals surface area contributed by atoms with Gasteiger partial charge in [-0.25, -0.2) is 0 Å². The lowest BCUT2D eigenvalue weighted by Gasteiger charge is -2.13. The van der Waals surface area contributed by atoms with Crippen LogP contribution < -0.4 is 10.9 Å². The number of rotatable bonds is 1. The van der Waals surface area contributed by atoms with Crippen molar-refractivity contribution in [3.8, 4) is 0 Å². The van der Waals surface area contributed by atoms with Crippen LogP contribution in [0.15, 0.2) is 42.5 Å². The number of benzene rings is 2. The van der Waals surface area contributed by atoms with Crippen molar-refractivity contribution >= 4 is 17.8 Å². The molecule has 1 nitrogen and oxygen atoms in total. The van der Waals surface area contributed by atoms with Crippen molar-refractivity contribution in [2.75, 3.05) is 0 Å². The van der Waals surface area contributed by atoms with E-state index in [1.165, 1.54) is 27.6 Å². The number of aryl methyl sites for hydroxylation is 2. The molecule has 2 heteroatoms. The molecule has 1 heterocycles. The molecule has 0 amide bonds. The van der Waals surface area contributed by atoms with Gasteiger partial charge in [-0.05, 0) is 30.3 Å². The molecular formula is C15H15BO. The lowest BCUT2D eigenvalue weighted by Crippen LogP contribution is -2.44. The molecule has 1 aliphatic rings. The van der Waals surface area contributed by atoms with Gasteiger partial charge in [0.15, 0.2) is 0 Å². The summed E-state index contributed by atoms with van der Waals surface area (Å²) >= 11 is 0. The molecule has 2 aromatic carbocycles. The van der Waals surface area contributed by atoms with Crippen molar-refractivity contribution in [3.63, 3.8) is 0 Å². The van der Waals surface area contributed by atoms with Gasteiger partial charge in [0.05, 0.1) is 6.61 Å². The largest absolute Gasteiger partial charge is 0.423 e. The topological polar surface area (TPSA) is 9.23 Å². The van der Waals surface area contributed by atoms with Crippen LogP contribution in [0.25, 0.3) is 0 Å². The zero-order valence-corrected chi connectivity index (χ0v) is 10.2. The van der Waals surface area contributed by atoms with Crippen molar-refractivity contribution in [1.29, 1.82) is 0 Å². The van der Waals surface area contributed by atoms with E-state index in [1.54, 1.807) is 0 Å². The van der Waals surface area contributed by atoms with Gasteiger partial charge in [-0.2, -0.15) is 0 Å². The quantitative estimate of drug-likeness (QED) is 0.670. The molecule has 0 N–H and O–H groups in total. The maximum absolute atomic E-state index is 5.97. The highest BCUT2D eigenvalue weighted by Crippen LogP contribution is 2.13. The predicted octanol–water partition coefficient (Wildman–Crippen LogP) is 1.94. The summed E-state index contributed by atoms with van der Waals surface area (Å²) in [5.74, 6) is 0. The number of hydrogen-bond donors (Lipinski definition) is 0. The second-order valence-electron chi connectivity index (χ2n) is 4.70. The predicted molar refractivity (Wildman–Crippen MR) is 72.2 cm³/mol. The average molecular weight is 222 g/mol. The summed E-state index contributed by atoms with van der Waals surface area (Å²) in [5, 5.41) is 0. The smallest absolute Gasteiger partial charge is 0.362 e. The Labute approximate surface area is 103 Å².